The number of nitrogens with zero attached hydrogens (tertiary/aromatic N) is 4. The Bertz CT molecular complexity index is 796. The van der Waals surface area contributed by atoms with Crippen molar-refractivity contribution in [3.05, 3.63) is 58.4 Å². The van der Waals surface area contributed by atoms with Gasteiger partial charge in [0, 0.05) is 11.9 Å². The monoisotopic (exact) mass is 285 g/mol. The first kappa shape index (κ1) is 12.8. The molecule has 0 unspecified atom stereocenters. The number of nitrogens with one attached hydrogen (secondary N) is 1. The summed E-state index contributed by atoms with van der Waals surface area (Å²) < 4.78 is 4.39. The van der Waals surface area contributed by atoms with Crippen molar-refractivity contribution in [1.82, 2.24) is 24.5 Å². The van der Waals surface area contributed by atoms with Gasteiger partial charge in [0.05, 0.1) is 5.69 Å². The van der Waals surface area contributed by atoms with Gasteiger partial charge in [-0.3, -0.25) is 14.3 Å². The summed E-state index contributed by atoms with van der Waals surface area (Å²) in [5, 5.41) is 11.6. The molecule has 3 aromatic rings. The Morgan fingerprint density at radius 1 is 1.25 bits per heavy atom. The van der Waals surface area contributed by atoms with E-state index in [1.54, 1.807) is 0 Å². The number of hydrogen-bond acceptors (Lipinski definition) is 3. The molecular weight excluding hydrogens is 270 g/mol. The molecule has 3 rings (SSSR count). The summed E-state index contributed by atoms with van der Waals surface area (Å²) >= 11 is 5.33. The SMILES string of the molecule is Cc1cccc(-n2c(Cn3ccc(C)n3)n[nH]c2=S)c1. The molecule has 0 fully saturated rings. The Morgan fingerprint density at radius 3 is 2.80 bits per heavy atom. The minimum absolute atomic E-state index is 0.578. The molecule has 0 aliphatic rings. The zero-order chi connectivity index (χ0) is 14.1. The Hall–Kier alpha value is -2.21. The van der Waals surface area contributed by atoms with Crippen molar-refractivity contribution in [3.8, 4) is 5.69 Å². The number of aromatic amines is 1. The molecule has 1 aromatic carbocycles. The molecule has 6 heteroatoms. The molecule has 0 aliphatic heterocycles. The van der Waals surface area contributed by atoms with E-state index in [0.717, 1.165) is 17.2 Å². The van der Waals surface area contributed by atoms with E-state index in [-0.39, 0.29) is 0 Å². The van der Waals surface area contributed by atoms with Crippen LogP contribution in [0.4, 0.5) is 0 Å². The van der Waals surface area contributed by atoms with E-state index >= 15 is 0 Å². The van der Waals surface area contributed by atoms with Crippen molar-refractivity contribution in [2.45, 2.75) is 20.4 Å². The van der Waals surface area contributed by atoms with Crippen LogP contribution in [0.1, 0.15) is 17.1 Å². The fourth-order valence-electron chi connectivity index (χ4n) is 2.17. The molecule has 102 valence electrons. The Labute approximate surface area is 121 Å². The van der Waals surface area contributed by atoms with E-state index in [9.17, 15) is 0 Å². The third-order valence-electron chi connectivity index (χ3n) is 3.08. The molecular formula is C14H15N5S. The molecule has 20 heavy (non-hydrogen) atoms. The smallest absolute Gasteiger partial charge is 0.199 e. The van der Waals surface area contributed by atoms with Crippen LogP contribution in [-0.2, 0) is 6.54 Å². The third kappa shape index (κ3) is 2.42. The summed E-state index contributed by atoms with van der Waals surface area (Å²) in [6.45, 7) is 4.60. The minimum atomic E-state index is 0.578. The molecule has 1 N–H and O–H groups in total. The van der Waals surface area contributed by atoms with E-state index < -0.39 is 0 Å². The number of benzene rings is 1. The lowest BCUT2D eigenvalue weighted by Gasteiger charge is -2.07. The quantitative estimate of drug-likeness (QED) is 0.753. The highest BCUT2D eigenvalue weighted by Gasteiger charge is 2.09. The summed E-state index contributed by atoms with van der Waals surface area (Å²) in [6, 6.07) is 10.2. The molecule has 0 amide bonds. The second-order valence-corrected chi connectivity index (χ2v) is 5.16. The van der Waals surface area contributed by atoms with Gasteiger partial charge < -0.3 is 0 Å². The molecule has 0 saturated heterocycles. The minimum Gasteiger partial charge on any atom is -0.271 e. The molecule has 0 radical (unpaired) electrons. The van der Waals surface area contributed by atoms with Crippen molar-refractivity contribution in [2.75, 3.05) is 0 Å². The van der Waals surface area contributed by atoms with Crippen LogP contribution in [0.3, 0.4) is 0 Å². The molecule has 5 nitrogen and oxygen atoms in total. The molecule has 0 atom stereocenters. The van der Waals surface area contributed by atoms with Crippen molar-refractivity contribution in [2.24, 2.45) is 0 Å². The summed E-state index contributed by atoms with van der Waals surface area (Å²) in [7, 11) is 0. The van der Waals surface area contributed by atoms with Gasteiger partial charge in [0.15, 0.2) is 10.6 Å². The predicted octanol–water partition coefficient (Wildman–Crippen LogP) is 2.79. The summed E-state index contributed by atoms with van der Waals surface area (Å²) in [4.78, 5) is 0. The number of aromatic nitrogens is 5. The van der Waals surface area contributed by atoms with Crippen LogP contribution in [0.5, 0.6) is 0 Å². The number of hydrogen-bond donors (Lipinski definition) is 1. The maximum absolute atomic E-state index is 5.33. The standard InChI is InChI=1S/C14H15N5S/c1-10-4-3-5-12(8-10)19-13(15-16-14(19)20)9-18-7-6-11(2)17-18/h3-8H,9H2,1-2H3,(H,16,20). The van der Waals surface area contributed by atoms with Gasteiger partial charge in [-0.05, 0) is 49.8 Å². The Balaban J connectivity index is 2.03. The lowest BCUT2D eigenvalue weighted by Crippen LogP contribution is -2.08. The van der Waals surface area contributed by atoms with E-state index in [2.05, 4.69) is 34.4 Å². The zero-order valence-corrected chi connectivity index (χ0v) is 12.2. The maximum Gasteiger partial charge on any atom is 0.199 e. The Kier molecular flexibility index (Phi) is 3.23. The van der Waals surface area contributed by atoms with Crippen molar-refractivity contribution >= 4 is 12.2 Å². The van der Waals surface area contributed by atoms with E-state index in [1.807, 2.05) is 40.6 Å². The van der Waals surface area contributed by atoms with Gasteiger partial charge >= 0.3 is 0 Å². The van der Waals surface area contributed by atoms with Crippen LogP contribution in [0.15, 0.2) is 36.5 Å². The van der Waals surface area contributed by atoms with Gasteiger partial charge in [-0.25, -0.2) is 0 Å². The van der Waals surface area contributed by atoms with Gasteiger partial charge in [-0.15, -0.1) is 0 Å². The molecule has 0 spiro atoms. The van der Waals surface area contributed by atoms with Crippen LogP contribution < -0.4 is 0 Å². The average Bonchev–Trinajstić information content (AvgIpc) is 2.97. The average molecular weight is 285 g/mol. The highest BCUT2D eigenvalue weighted by Crippen LogP contribution is 2.13. The highest BCUT2D eigenvalue weighted by atomic mass is 32.1. The van der Waals surface area contributed by atoms with Gasteiger partial charge in [0.2, 0.25) is 0 Å². The molecule has 0 aliphatic carbocycles. The lowest BCUT2D eigenvalue weighted by atomic mass is 10.2. The molecule has 2 aromatic heterocycles. The summed E-state index contributed by atoms with van der Waals surface area (Å²) in [5.74, 6) is 0.837. The van der Waals surface area contributed by atoms with Crippen LogP contribution in [-0.4, -0.2) is 24.5 Å². The summed E-state index contributed by atoms with van der Waals surface area (Å²) in [5.41, 5.74) is 3.19. The number of H-pyrrole nitrogens is 1. The maximum atomic E-state index is 5.33. The van der Waals surface area contributed by atoms with Crippen LogP contribution in [0.2, 0.25) is 0 Å². The van der Waals surface area contributed by atoms with Crippen LogP contribution in [0, 0.1) is 18.6 Å². The lowest BCUT2D eigenvalue weighted by molar-refractivity contribution is 0.638. The van der Waals surface area contributed by atoms with E-state index in [1.165, 1.54) is 5.56 Å². The van der Waals surface area contributed by atoms with Crippen molar-refractivity contribution < 1.29 is 0 Å². The summed E-state index contributed by atoms with van der Waals surface area (Å²) in [6.07, 6.45) is 1.94. The fourth-order valence-corrected chi connectivity index (χ4v) is 2.42. The fraction of sp³-hybridized carbons (Fsp3) is 0.214. The molecule has 0 saturated carbocycles. The predicted molar refractivity (Wildman–Crippen MR) is 79.6 cm³/mol. The van der Waals surface area contributed by atoms with Gasteiger partial charge in [0.1, 0.15) is 6.54 Å². The van der Waals surface area contributed by atoms with E-state index in [0.29, 0.717) is 11.3 Å². The van der Waals surface area contributed by atoms with Crippen LogP contribution in [0.25, 0.3) is 5.69 Å². The third-order valence-corrected chi connectivity index (χ3v) is 3.35. The van der Waals surface area contributed by atoms with E-state index in [4.69, 9.17) is 12.2 Å². The number of aryl methyl sites for hydroxylation is 2. The largest absolute Gasteiger partial charge is 0.271 e. The molecule has 0 bridgehead atoms. The molecule has 2 heterocycles. The number of rotatable bonds is 3. The first-order valence-corrected chi connectivity index (χ1v) is 6.78. The first-order valence-electron chi connectivity index (χ1n) is 6.37. The topological polar surface area (TPSA) is 51.4 Å². The normalized spacial score (nSPS) is 10.9. The second-order valence-electron chi connectivity index (χ2n) is 4.77. The highest BCUT2D eigenvalue weighted by molar-refractivity contribution is 7.71. The van der Waals surface area contributed by atoms with Gasteiger partial charge in [-0.1, -0.05) is 12.1 Å². The Morgan fingerprint density at radius 2 is 2.10 bits per heavy atom. The van der Waals surface area contributed by atoms with Crippen LogP contribution >= 0.6 is 12.2 Å². The van der Waals surface area contributed by atoms with Crippen molar-refractivity contribution in [3.63, 3.8) is 0 Å². The van der Waals surface area contributed by atoms with Crippen molar-refractivity contribution in [1.29, 1.82) is 0 Å². The zero-order valence-electron chi connectivity index (χ0n) is 11.4. The van der Waals surface area contributed by atoms with Gasteiger partial charge in [0.25, 0.3) is 0 Å². The first-order chi connectivity index (χ1) is 9.63. The second kappa shape index (κ2) is 5.05. The van der Waals surface area contributed by atoms with Gasteiger partial charge in [-0.2, -0.15) is 10.2 Å².